The van der Waals surface area contributed by atoms with Crippen molar-refractivity contribution in [3.05, 3.63) is 46.5 Å². The number of aromatic nitrogens is 1. The Bertz CT molecular complexity index is 607. The lowest BCUT2D eigenvalue weighted by Crippen LogP contribution is -2.16. The Labute approximate surface area is 107 Å². The number of anilines is 1. The lowest BCUT2D eigenvalue weighted by molar-refractivity contribution is 0.0692. The second kappa shape index (κ2) is 4.97. The highest BCUT2D eigenvalue weighted by atomic mass is 32.1. The van der Waals surface area contributed by atoms with Gasteiger partial charge in [0.25, 0.3) is 5.91 Å². The van der Waals surface area contributed by atoms with Gasteiger partial charge in [-0.2, -0.15) is 0 Å². The molecule has 0 spiro atoms. The fourth-order valence-electron chi connectivity index (χ4n) is 1.44. The van der Waals surface area contributed by atoms with Crippen molar-refractivity contribution in [2.45, 2.75) is 6.92 Å². The maximum atomic E-state index is 11.9. The van der Waals surface area contributed by atoms with Crippen molar-refractivity contribution in [3.8, 4) is 0 Å². The smallest absolute Gasteiger partial charge is 0.336 e. The van der Waals surface area contributed by atoms with Crippen LogP contribution < -0.4 is 5.32 Å². The van der Waals surface area contributed by atoms with E-state index in [9.17, 15) is 9.59 Å². The molecule has 0 aliphatic carbocycles. The summed E-state index contributed by atoms with van der Waals surface area (Å²) in [5, 5.41) is 12.0. The third-order valence-corrected chi connectivity index (χ3v) is 3.07. The van der Waals surface area contributed by atoms with Crippen LogP contribution in [-0.2, 0) is 0 Å². The largest absolute Gasteiger partial charge is 0.478 e. The molecule has 0 bridgehead atoms. The SMILES string of the molecule is Cc1cnc(NC(=O)c2ccccc2C(=O)O)s1. The zero-order valence-electron chi connectivity index (χ0n) is 9.51. The maximum Gasteiger partial charge on any atom is 0.336 e. The van der Waals surface area contributed by atoms with Gasteiger partial charge in [0.15, 0.2) is 5.13 Å². The van der Waals surface area contributed by atoms with Crippen LogP contribution in [0.25, 0.3) is 0 Å². The molecule has 1 heterocycles. The van der Waals surface area contributed by atoms with Crippen molar-refractivity contribution in [2.24, 2.45) is 0 Å². The first-order valence-corrected chi connectivity index (χ1v) is 5.95. The van der Waals surface area contributed by atoms with E-state index >= 15 is 0 Å². The third kappa shape index (κ3) is 2.54. The molecule has 2 N–H and O–H groups in total. The second-order valence-electron chi connectivity index (χ2n) is 3.58. The summed E-state index contributed by atoms with van der Waals surface area (Å²) in [6.45, 7) is 1.87. The van der Waals surface area contributed by atoms with E-state index in [1.807, 2.05) is 6.92 Å². The maximum absolute atomic E-state index is 11.9. The molecular weight excluding hydrogens is 252 g/mol. The van der Waals surface area contributed by atoms with Crippen LogP contribution in [0.15, 0.2) is 30.5 Å². The Balaban J connectivity index is 2.26. The average molecular weight is 262 g/mol. The van der Waals surface area contributed by atoms with E-state index in [2.05, 4.69) is 10.3 Å². The summed E-state index contributed by atoms with van der Waals surface area (Å²) in [5.74, 6) is -1.60. The molecule has 0 radical (unpaired) electrons. The van der Waals surface area contributed by atoms with Gasteiger partial charge < -0.3 is 5.11 Å². The molecule has 2 rings (SSSR count). The van der Waals surface area contributed by atoms with Gasteiger partial charge in [-0.25, -0.2) is 9.78 Å². The van der Waals surface area contributed by atoms with Crippen LogP contribution in [0.3, 0.4) is 0 Å². The lowest BCUT2D eigenvalue weighted by Gasteiger charge is -2.04. The van der Waals surface area contributed by atoms with Crippen LogP contribution in [-0.4, -0.2) is 22.0 Å². The van der Waals surface area contributed by atoms with Gasteiger partial charge in [0.1, 0.15) is 0 Å². The van der Waals surface area contributed by atoms with E-state index in [-0.39, 0.29) is 11.1 Å². The van der Waals surface area contributed by atoms with Crippen molar-refractivity contribution in [3.63, 3.8) is 0 Å². The first-order chi connectivity index (χ1) is 8.58. The normalized spacial score (nSPS) is 10.1. The summed E-state index contributed by atoms with van der Waals surface area (Å²) in [5.41, 5.74) is 0.0983. The molecule has 1 amide bonds. The van der Waals surface area contributed by atoms with E-state index < -0.39 is 11.9 Å². The molecule has 0 fully saturated rings. The number of thiazole rings is 1. The minimum atomic E-state index is -1.13. The van der Waals surface area contributed by atoms with Crippen LogP contribution in [0.4, 0.5) is 5.13 Å². The Hall–Kier alpha value is -2.21. The molecule has 0 aliphatic rings. The topological polar surface area (TPSA) is 79.3 Å². The lowest BCUT2D eigenvalue weighted by atomic mass is 10.1. The molecule has 92 valence electrons. The number of aromatic carboxylic acids is 1. The number of carboxylic acid groups (broad SMARTS) is 1. The van der Waals surface area contributed by atoms with Gasteiger partial charge in [-0.3, -0.25) is 10.1 Å². The quantitative estimate of drug-likeness (QED) is 0.890. The molecule has 0 unspecified atom stereocenters. The summed E-state index contributed by atoms with van der Waals surface area (Å²) < 4.78 is 0. The Kier molecular flexibility index (Phi) is 3.38. The summed E-state index contributed by atoms with van der Waals surface area (Å²) in [6, 6.07) is 6.06. The van der Waals surface area contributed by atoms with E-state index in [0.717, 1.165) is 4.88 Å². The number of hydrogen-bond donors (Lipinski definition) is 2. The van der Waals surface area contributed by atoms with Gasteiger partial charge in [0, 0.05) is 11.1 Å². The van der Waals surface area contributed by atoms with E-state index in [1.54, 1.807) is 18.3 Å². The van der Waals surface area contributed by atoms with Gasteiger partial charge in [-0.15, -0.1) is 11.3 Å². The van der Waals surface area contributed by atoms with Crippen molar-refractivity contribution in [1.29, 1.82) is 0 Å². The summed E-state index contributed by atoms with van der Waals surface area (Å²) >= 11 is 1.33. The zero-order valence-corrected chi connectivity index (χ0v) is 10.3. The summed E-state index contributed by atoms with van der Waals surface area (Å²) in [4.78, 5) is 27.9. The molecule has 0 atom stereocenters. The highest BCUT2D eigenvalue weighted by Gasteiger charge is 2.16. The minimum Gasteiger partial charge on any atom is -0.478 e. The zero-order chi connectivity index (χ0) is 13.1. The van der Waals surface area contributed by atoms with Crippen molar-refractivity contribution in [2.75, 3.05) is 5.32 Å². The summed E-state index contributed by atoms with van der Waals surface area (Å²) in [6.07, 6.45) is 1.64. The second-order valence-corrected chi connectivity index (χ2v) is 4.82. The number of hydrogen-bond acceptors (Lipinski definition) is 4. The predicted octanol–water partition coefficient (Wildman–Crippen LogP) is 2.40. The van der Waals surface area contributed by atoms with E-state index in [1.165, 1.54) is 23.5 Å². The molecule has 0 saturated heterocycles. The highest BCUT2D eigenvalue weighted by molar-refractivity contribution is 7.15. The average Bonchev–Trinajstić information content (AvgIpc) is 2.74. The number of aryl methyl sites for hydroxylation is 1. The van der Waals surface area contributed by atoms with Crippen LogP contribution >= 0.6 is 11.3 Å². The number of nitrogens with zero attached hydrogens (tertiary/aromatic N) is 1. The number of carboxylic acids is 1. The van der Waals surface area contributed by atoms with Gasteiger partial charge in [0.2, 0.25) is 0 Å². The Morgan fingerprint density at radius 1 is 1.28 bits per heavy atom. The van der Waals surface area contributed by atoms with Crippen LogP contribution in [0.2, 0.25) is 0 Å². The number of benzene rings is 1. The molecule has 5 nitrogen and oxygen atoms in total. The molecule has 2 aromatic rings. The van der Waals surface area contributed by atoms with Crippen molar-refractivity contribution in [1.82, 2.24) is 4.98 Å². The monoisotopic (exact) mass is 262 g/mol. The first-order valence-electron chi connectivity index (χ1n) is 5.14. The number of rotatable bonds is 3. The molecule has 6 heteroatoms. The van der Waals surface area contributed by atoms with Gasteiger partial charge >= 0.3 is 5.97 Å². The molecule has 1 aromatic carbocycles. The standard InChI is InChI=1S/C12H10N2O3S/c1-7-6-13-12(18-7)14-10(15)8-4-2-3-5-9(8)11(16)17/h2-6H,1H3,(H,16,17)(H,13,14,15). The molecular formula is C12H10N2O3S. The van der Waals surface area contributed by atoms with Gasteiger partial charge in [-0.1, -0.05) is 12.1 Å². The van der Waals surface area contributed by atoms with Crippen molar-refractivity contribution < 1.29 is 14.7 Å². The molecule has 1 aromatic heterocycles. The third-order valence-electron chi connectivity index (χ3n) is 2.24. The number of carbonyl (C=O) groups is 2. The Morgan fingerprint density at radius 3 is 2.50 bits per heavy atom. The van der Waals surface area contributed by atoms with Gasteiger partial charge in [0.05, 0.1) is 11.1 Å². The molecule has 0 saturated carbocycles. The Morgan fingerprint density at radius 2 is 1.94 bits per heavy atom. The molecule has 18 heavy (non-hydrogen) atoms. The van der Waals surface area contributed by atoms with Crippen LogP contribution in [0, 0.1) is 6.92 Å². The fraction of sp³-hybridized carbons (Fsp3) is 0.0833. The van der Waals surface area contributed by atoms with E-state index in [4.69, 9.17) is 5.11 Å². The minimum absolute atomic E-state index is 0.0247. The van der Waals surface area contributed by atoms with E-state index in [0.29, 0.717) is 5.13 Å². The number of carbonyl (C=O) groups excluding carboxylic acids is 1. The first kappa shape index (κ1) is 12.3. The van der Waals surface area contributed by atoms with Gasteiger partial charge in [-0.05, 0) is 19.1 Å². The number of nitrogens with one attached hydrogen (secondary N) is 1. The fourth-order valence-corrected chi connectivity index (χ4v) is 2.10. The number of amides is 1. The highest BCUT2D eigenvalue weighted by Crippen LogP contribution is 2.18. The molecule has 0 aliphatic heterocycles. The predicted molar refractivity (Wildman–Crippen MR) is 68.2 cm³/mol. The van der Waals surface area contributed by atoms with Crippen LogP contribution in [0.5, 0.6) is 0 Å². The van der Waals surface area contributed by atoms with Crippen molar-refractivity contribution >= 4 is 28.3 Å². The summed E-state index contributed by atoms with van der Waals surface area (Å²) in [7, 11) is 0. The van der Waals surface area contributed by atoms with Crippen LogP contribution in [0.1, 0.15) is 25.6 Å².